The summed E-state index contributed by atoms with van der Waals surface area (Å²) < 4.78 is 5.40. The van der Waals surface area contributed by atoms with Crippen molar-refractivity contribution >= 4 is 17.7 Å². The van der Waals surface area contributed by atoms with Crippen LogP contribution in [-0.2, 0) is 9.53 Å². The lowest BCUT2D eigenvalue weighted by atomic mass is 9.49. The van der Waals surface area contributed by atoms with Crippen LogP contribution in [0.4, 0.5) is 0 Å². The summed E-state index contributed by atoms with van der Waals surface area (Å²) in [6.07, 6.45) is 10.1. The van der Waals surface area contributed by atoms with Gasteiger partial charge in [0.25, 0.3) is 0 Å². The van der Waals surface area contributed by atoms with Crippen molar-refractivity contribution in [3.8, 4) is 0 Å². The van der Waals surface area contributed by atoms with E-state index < -0.39 is 0 Å². The first-order valence-corrected chi connectivity index (χ1v) is 10.3. The van der Waals surface area contributed by atoms with Gasteiger partial charge in [-0.05, 0) is 69.1 Å². The average molecular weight is 324 g/mol. The highest BCUT2D eigenvalue weighted by Gasteiger charge is 2.54. The Balaban J connectivity index is 1.24. The number of ether oxygens (including phenoxy) is 1. The molecule has 4 bridgehead atoms. The highest BCUT2D eigenvalue weighted by atomic mass is 32.2. The zero-order chi connectivity index (χ0) is 15.0. The lowest BCUT2D eigenvalue weighted by Crippen LogP contribution is -2.53. The van der Waals surface area contributed by atoms with E-state index in [9.17, 15) is 4.79 Å². The molecule has 1 aliphatic heterocycles. The van der Waals surface area contributed by atoms with Crippen molar-refractivity contribution in [1.82, 2.24) is 5.32 Å². The smallest absolute Gasteiger partial charge is 0.226 e. The highest BCUT2D eigenvalue weighted by Crippen LogP contribution is 2.60. The molecule has 0 atom stereocenters. The minimum absolute atomic E-state index is 0.0259. The molecule has 1 saturated heterocycles. The van der Waals surface area contributed by atoms with Gasteiger partial charge in [-0.25, -0.2) is 0 Å². The second kappa shape index (κ2) is 6.35. The van der Waals surface area contributed by atoms with Crippen molar-refractivity contribution < 1.29 is 9.53 Å². The normalized spacial score (nSPS) is 40.8. The lowest BCUT2D eigenvalue weighted by Gasteiger charge is -2.55. The summed E-state index contributed by atoms with van der Waals surface area (Å²) >= 11 is 2.02. The number of hydrogen-bond donors (Lipinski definition) is 1. The van der Waals surface area contributed by atoms with Crippen molar-refractivity contribution in [3.63, 3.8) is 0 Å². The van der Waals surface area contributed by atoms with Gasteiger partial charge in [-0.15, -0.1) is 0 Å². The van der Waals surface area contributed by atoms with Crippen LogP contribution in [-0.4, -0.2) is 36.7 Å². The van der Waals surface area contributed by atoms with Gasteiger partial charge in [-0.3, -0.25) is 4.79 Å². The molecular formula is C18H29NO2S. The summed E-state index contributed by atoms with van der Waals surface area (Å²) in [5, 5.41) is 4.03. The molecule has 5 fully saturated rings. The van der Waals surface area contributed by atoms with Crippen molar-refractivity contribution in [2.24, 2.45) is 23.2 Å². The summed E-state index contributed by atoms with van der Waals surface area (Å²) in [5.74, 6) is 4.01. The van der Waals surface area contributed by atoms with E-state index in [0.29, 0.717) is 5.91 Å². The minimum atomic E-state index is 0.0259. The topological polar surface area (TPSA) is 38.3 Å². The van der Waals surface area contributed by atoms with E-state index in [1.54, 1.807) is 0 Å². The summed E-state index contributed by atoms with van der Waals surface area (Å²) in [4.78, 5) is 12.8. The van der Waals surface area contributed by atoms with Gasteiger partial charge >= 0.3 is 0 Å². The molecule has 0 aromatic heterocycles. The molecule has 0 aromatic rings. The van der Waals surface area contributed by atoms with Gasteiger partial charge in [-0.2, -0.15) is 11.8 Å². The molecule has 4 aliphatic carbocycles. The first kappa shape index (κ1) is 15.3. The molecule has 5 rings (SSSR count). The third kappa shape index (κ3) is 3.06. The van der Waals surface area contributed by atoms with E-state index >= 15 is 0 Å². The molecule has 0 aromatic carbocycles. The van der Waals surface area contributed by atoms with Gasteiger partial charge in [0.1, 0.15) is 0 Å². The van der Waals surface area contributed by atoms with E-state index in [2.05, 4.69) is 5.32 Å². The molecule has 0 unspecified atom stereocenters. The van der Waals surface area contributed by atoms with Gasteiger partial charge in [0, 0.05) is 36.2 Å². The van der Waals surface area contributed by atoms with Crippen LogP contribution in [0, 0.1) is 23.2 Å². The van der Waals surface area contributed by atoms with Gasteiger partial charge in [0.2, 0.25) is 5.91 Å². The first-order chi connectivity index (χ1) is 10.7. The molecule has 4 saturated carbocycles. The van der Waals surface area contributed by atoms with Gasteiger partial charge in [-0.1, -0.05) is 0 Å². The number of amides is 1. The van der Waals surface area contributed by atoms with E-state index in [-0.39, 0.29) is 5.41 Å². The van der Waals surface area contributed by atoms with Crippen LogP contribution >= 0.6 is 11.8 Å². The number of carbonyl (C=O) groups excluding carboxylic acids is 1. The van der Waals surface area contributed by atoms with Crippen LogP contribution in [0.1, 0.15) is 51.4 Å². The zero-order valence-electron chi connectivity index (χ0n) is 13.5. The number of rotatable bonds is 5. The largest absolute Gasteiger partial charge is 0.381 e. The predicted molar refractivity (Wildman–Crippen MR) is 89.9 cm³/mol. The van der Waals surface area contributed by atoms with Crippen LogP contribution in [0.15, 0.2) is 0 Å². The molecule has 1 amide bonds. The number of nitrogens with one attached hydrogen (secondary N) is 1. The molecule has 4 heteroatoms. The fourth-order valence-corrected chi connectivity index (χ4v) is 6.89. The Hall–Kier alpha value is -0.220. The van der Waals surface area contributed by atoms with Crippen LogP contribution in [0.2, 0.25) is 0 Å². The number of carbonyl (C=O) groups is 1. The molecule has 124 valence electrons. The Bertz CT molecular complexity index is 384. The quantitative estimate of drug-likeness (QED) is 0.790. The molecule has 22 heavy (non-hydrogen) atoms. The first-order valence-electron chi connectivity index (χ1n) is 9.21. The van der Waals surface area contributed by atoms with Crippen molar-refractivity contribution in [2.75, 3.05) is 25.5 Å². The minimum Gasteiger partial charge on any atom is -0.381 e. The van der Waals surface area contributed by atoms with Gasteiger partial charge in [0.15, 0.2) is 0 Å². The maximum absolute atomic E-state index is 12.8. The van der Waals surface area contributed by atoms with E-state index in [4.69, 9.17) is 4.74 Å². The van der Waals surface area contributed by atoms with E-state index in [1.165, 1.54) is 51.4 Å². The summed E-state index contributed by atoms with van der Waals surface area (Å²) in [6, 6.07) is 0. The Labute approximate surface area is 138 Å². The average Bonchev–Trinajstić information content (AvgIpc) is 2.51. The molecule has 0 spiro atoms. The van der Waals surface area contributed by atoms with E-state index in [1.807, 2.05) is 11.8 Å². The fourth-order valence-electron chi connectivity index (χ4n) is 5.81. The molecule has 1 N–H and O–H groups in total. The SMILES string of the molecule is O=C(NCCSC1CCOCC1)C12CC3CC(CC(C3)C1)C2. The molecular weight excluding hydrogens is 294 g/mol. The maximum Gasteiger partial charge on any atom is 0.226 e. The Kier molecular flexibility index (Phi) is 4.42. The third-order valence-corrected chi connectivity index (χ3v) is 7.81. The summed E-state index contributed by atoms with van der Waals surface area (Å²) in [5.41, 5.74) is 0.0259. The summed E-state index contributed by atoms with van der Waals surface area (Å²) in [7, 11) is 0. The second-order valence-corrected chi connectivity index (χ2v) is 9.54. The van der Waals surface area contributed by atoms with Crippen molar-refractivity contribution in [3.05, 3.63) is 0 Å². The fraction of sp³-hybridized carbons (Fsp3) is 0.944. The number of hydrogen-bond acceptors (Lipinski definition) is 3. The second-order valence-electron chi connectivity index (χ2n) is 8.14. The Morgan fingerprint density at radius 3 is 2.23 bits per heavy atom. The van der Waals surface area contributed by atoms with Gasteiger partial charge in [0.05, 0.1) is 0 Å². The standard InChI is InChI=1S/C18H29NO2S/c20-17(19-3-6-22-16-1-4-21-5-2-16)18-10-13-7-14(11-18)9-15(8-13)12-18/h13-16H,1-12H2,(H,19,20). The van der Waals surface area contributed by atoms with Crippen LogP contribution < -0.4 is 5.32 Å². The highest BCUT2D eigenvalue weighted by molar-refractivity contribution is 7.99. The van der Waals surface area contributed by atoms with Gasteiger partial charge < -0.3 is 10.1 Å². The summed E-state index contributed by atoms with van der Waals surface area (Å²) in [6.45, 7) is 2.68. The van der Waals surface area contributed by atoms with Crippen molar-refractivity contribution in [1.29, 1.82) is 0 Å². The molecule has 1 heterocycles. The molecule has 0 radical (unpaired) electrons. The maximum atomic E-state index is 12.8. The van der Waals surface area contributed by atoms with Crippen molar-refractivity contribution in [2.45, 2.75) is 56.6 Å². The number of thioether (sulfide) groups is 1. The Morgan fingerprint density at radius 1 is 1.05 bits per heavy atom. The molecule has 3 nitrogen and oxygen atoms in total. The predicted octanol–water partition coefficient (Wildman–Crippen LogP) is 3.23. The Morgan fingerprint density at radius 2 is 1.64 bits per heavy atom. The lowest BCUT2D eigenvalue weighted by molar-refractivity contribution is -0.146. The zero-order valence-corrected chi connectivity index (χ0v) is 14.3. The van der Waals surface area contributed by atoms with Crippen LogP contribution in [0.3, 0.4) is 0 Å². The molecule has 5 aliphatic rings. The van der Waals surface area contributed by atoms with E-state index in [0.717, 1.165) is 48.5 Å². The van der Waals surface area contributed by atoms with Crippen LogP contribution in [0.5, 0.6) is 0 Å². The third-order valence-electron chi connectivity index (χ3n) is 6.43. The monoisotopic (exact) mass is 323 g/mol. The van der Waals surface area contributed by atoms with Crippen LogP contribution in [0.25, 0.3) is 0 Å².